The van der Waals surface area contributed by atoms with Crippen molar-refractivity contribution < 1.29 is 4.74 Å². The molecule has 4 nitrogen and oxygen atoms in total. The van der Waals surface area contributed by atoms with Crippen molar-refractivity contribution in [1.82, 2.24) is 9.78 Å². The zero-order valence-electron chi connectivity index (χ0n) is 10.7. The molecule has 2 aromatic rings. The molecule has 2 rings (SSSR count). The Balaban J connectivity index is 2.26. The largest absolute Gasteiger partial charge is 0.483 e. The van der Waals surface area contributed by atoms with Crippen molar-refractivity contribution in [1.29, 1.82) is 0 Å². The molecule has 0 aliphatic rings. The normalized spacial score (nSPS) is 14.2. The summed E-state index contributed by atoms with van der Waals surface area (Å²) in [5.74, 6) is 0.704. The number of aromatic nitrogens is 2. The molecule has 0 bridgehead atoms. The van der Waals surface area contributed by atoms with Crippen LogP contribution in [0.3, 0.4) is 0 Å². The maximum absolute atomic E-state index is 6.00. The molecule has 19 heavy (non-hydrogen) atoms. The molecule has 1 aromatic heterocycles. The third kappa shape index (κ3) is 3.49. The lowest BCUT2D eigenvalue weighted by molar-refractivity contribution is 0.179. The van der Waals surface area contributed by atoms with E-state index in [-0.39, 0.29) is 12.1 Å². The van der Waals surface area contributed by atoms with Crippen LogP contribution in [0.2, 0.25) is 5.02 Å². The fourth-order valence-electron chi connectivity index (χ4n) is 1.77. The second-order valence-corrected chi connectivity index (χ2v) is 5.71. The third-order valence-corrected chi connectivity index (χ3v) is 3.53. The van der Waals surface area contributed by atoms with Gasteiger partial charge in [0.2, 0.25) is 0 Å². The van der Waals surface area contributed by atoms with E-state index in [1.165, 1.54) is 0 Å². The van der Waals surface area contributed by atoms with E-state index in [4.69, 9.17) is 22.1 Å². The van der Waals surface area contributed by atoms with Gasteiger partial charge in [0.25, 0.3) is 0 Å². The molecule has 1 heterocycles. The van der Waals surface area contributed by atoms with Gasteiger partial charge in [-0.3, -0.25) is 4.68 Å². The number of hydrogen-bond donors (Lipinski definition) is 1. The predicted molar refractivity (Wildman–Crippen MR) is 79.4 cm³/mol. The average Bonchev–Trinajstić information content (AvgIpc) is 2.74. The Bertz CT molecular complexity index is 571. The average molecular weight is 345 g/mol. The lowest BCUT2D eigenvalue weighted by Gasteiger charge is -2.22. The van der Waals surface area contributed by atoms with Gasteiger partial charge in [-0.25, -0.2) is 0 Å². The van der Waals surface area contributed by atoms with Gasteiger partial charge in [0.05, 0.1) is 10.7 Å². The van der Waals surface area contributed by atoms with Gasteiger partial charge < -0.3 is 10.5 Å². The molecule has 102 valence electrons. The summed E-state index contributed by atoms with van der Waals surface area (Å²) in [5.41, 5.74) is 6.95. The standard InChI is InChI=1S/C13H15BrClN3O/c1-8(16)13(9-6-17-18(2)7-9)19-12-4-3-10(15)5-11(12)14/h3-8,13H,16H2,1-2H3. The number of aryl methyl sites for hydroxylation is 1. The van der Waals surface area contributed by atoms with E-state index in [0.717, 1.165) is 10.0 Å². The summed E-state index contributed by atoms with van der Waals surface area (Å²) in [7, 11) is 1.86. The molecule has 2 atom stereocenters. The van der Waals surface area contributed by atoms with E-state index >= 15 is 0 Å². The van der Waals surface area contributed by atoms with Crippen LogP contribution in [0, 0.1) is 0 Å². The Labute approximate surface area is 125 Å². The van der Waals surface area contributed by atoms with Crippen LogP contribution in [0.1, 0.15) is 18.6 Å². The lowest BCUT2D eigenvalue weighted by Crippen LogP contribution is -2.28. The molecule has 0 radical (unpaired) electrons. The highest BCUT2D eigenvalue weighted by molar-refractivity contribution is 9.10. The molecular weight excluding hydrogens is 330 g/mol. The van der Waals surface area contributed by atoms with Crippen LogP contribution in [0.25, 0.3) is 0 Å². The number of ether oxygens (including phenoxy) is 1. The highest BCUT2D eigenvalue weighted by Crippen LogP contribution is 2.32. The van der Waals surface area contributed by atoms with Gasteiger partial charge in [0, 0.05) is 29.9 Å². The Hall–Kier alpha value is -1.04. The van der Waals surface area contributed by atoms with Crippen molar-refractivity contribution >= 4 is 27.5 Å². The summed E-state index contributed by atoms with van der Waals surface area (Å²) in [5, 5.41) is 4.80. The molecule has 0 aliphatic heterocycles. The van der Waals surface area contributed by atoms with Gasteiger partial charge in [-0.05, 0) is 41.1 Å². The summed E-state index contributed by atoms with van der Waals surface area (Å²) in [6, 6.07) is 5.23. The van der Waals surface area contributed by atoms with Gasteiger partial charge in [-0.1, -0.05) is 11.6 Å². The first kappa shape index (κ1) is 14.4. The first-order valence-corrected chi connectivity index (χ1v) is 7.00. The van der Waals surface area contributed by atoms with Gasteiger partial charge in [-0.2, -0.15) is 5.10 Å². The fourth-order valence-corrected chi connectivity index (χ4v) is 2.55. The monoisotopic (exact) mass is 343 g/mol. The second kappa shape index (κ2) is 5.94. The van der Waals surface area contributed by atoms with Crippen LogP contribution in [0.5, 0.6) is 5.75 Å². The van der Waals surface area contributed by atoms with Crippen LogP contribution in [0.4, 0.5) is 0 Å². The van der Waals surface area contributed by atoms with Crippen molar-refractivity contribution in [3.63, 3.8) is 0 Å². The van der Waals surface area contributed by atoms with Crippen molar-refractivity contribution in [2.45, 2.75) is 19.1 Å². The SMILES string of the molecule is CC(N)C(Oc1ccc(Cl)cc1Br)c1cnn(C)c1. The second-order valence-electron chi connectivity index (χ2n) is 4.42. The van der Waals surface area contributed by atoms with Crippen LogP contribution in [-0.2, 0) is 7.05 Å². The van der Waals surface area contributed by atoms with E-state index in [1.54, 1.807) is 23.0 Å². The molecular formula is C13H15BrClN3O. The molecule has 0 saturated carbocycles. The maximum atomic E-state index is 6.00. The number of nitrogens with zero attached hydrogens (tertiary/aromatic N) is 2. The third-order valence-electron chi connectivity index (χ3n) is 2.68. The van der Waals surface area contributed by atoms with Crippen molar-refractivity contribution in [2.24, 2.45) is 12.8 Å². The van der Waals surface area contributed by atoms with Crippen LogP contribution in [-0.4, -0.2) is 15.8 Å². The van der Waals surface area contributed by atoms with Gasteiger partial charge in [0.15, 0.2) is 0 Å². The summed E-state index contributed by atoms with van der Waals surface area (Å²) < 4.78 is 8.50. The predicted octanol–water partition coefficient (Wildman–Crippen LogP) is 3.30. The minimum atomic E-state index is -0.258. The van der Waals surface area contributed by atoms with E-state index in [0.29, 0.717) is 10.8 Å². The Morgan fingerprint density at radius 2 is 2.21 bits per heavy atom. The molecule has 0 aliphatic carbocycles. The van der Waals surface area contributed by atoms with Crippen molar-refractivity contribution in [3.05, 3.63) is 45.7 Å². The van der Waals surface area contributed by atoms with E-state index in [2.05, 4.69) is 21.0 Å². The minimum Gasteiger partial charge on any atom is -0.483 e. The van der Waals surface area contributed by atoms with E-state index in [1.807, 2.05) is 26.2 Å². The number of benzene rings is 1. The smallest absolute Gasteiger partial charge is 0.142 e. The zero-order chi connectivity index (χ0) is 14.0. The summed E-state index contributed by atoms with van der Waals surface area (Å²) >= 11 is 9.34. The molecule has 0 saturated heterocycles. The number of hydrogen-bond acceptors (Lipinski definition) is 3. The fraction of sp³-hybridized carbons (Fsp3) is 0.308. The lowest BCUT2D eigenvalue weighted by atomic mass is 10.1. The van der Waals surface area contributed by atoms with Gasteiger partial charge in [0.1, 0.15) is 11.9 Å². The van der Waals surface area contributed by atoms with Crippen LogP contribution in [0.15, 0.2) is 35.1 Å². The Morgan fingerprint density at radius 3 is 2.74 bits per heavy atom. The highest BCUT2D eigenvalue weighted by Gasteiger charge is 2.20. The Morgan fingerprint density at radius 1 is 1.47 bits per heavy atom. The number of rotatable bonds is 4. The summed E-state index contributed by atoms with van der Waals surface area (Å²) in [6.07, 6.45) is 3.40. The first-order chi connectivity index (χ1) is 8.97. The molecule has 2 N–H and O–H groups in total. The first-order valence-electron chi connectivity index (χ1n) is 5.83. The van der Waals surface area contributed by atoms with Crippen LogP contribution < -0.4 is 10.5 Å². The quantitative estimate of drug-likeness (QED) is 0.926. The zero-order valence-corrected chi connectivity index (χ0v) is 13.0. The molecule has 2 unspecified atom stereocenters. The van der Waals surface area contributed by atoms with Gasteiger partial charge in [-0.15, -0.1) is 0 Å². The van der Waals surface area contributed by atoms with Crippen molar-refractivity contribution in [2.75, 3.05) is 0 Å². The maximum Gasteiger partial charge on any atom is 0.142 e. The minimum absolute atomic E-state index is 0.160. The summed E-state index contributed by atoms with van der Waals surface area (Å²) in [4.78, 5) is 0. The number of nitrogens with two attached hydrogens (primary N) is 1. The number of halogens is 2. The summed E-state index contributed by atoms with van der Waals surface area (Å²) in [6.45, 7) is 1.90. The topological polar surface area (TPSA) is 53.1 Å². The molecule has 0 fully saturated rings. The van der Waals surface area contributed by atoms with E-state index < -0.39 is 0 Å². The van der Waals surface area contributed by atoms with Crippen molar-refractivity contribution in [3.8, 4) is 5.75 Å². The molecule has 6 heteroatoms. The van der Waals surface area contributed by atoms with Crippen LogP contribution >= 0.6 is 27.5 Å². The molecule has 0 spiro atoms. The Kier molecular flexibility index (Phi) is 4.50. The molecule has 0 amide bonds. The highest BCUT2D eigenvalue weighted by atomic mass is 79.9. The molecule has 1 aromatic carbocycles. The van der Waals surface area contributed by atoms with E-state index in [9.17, 15) is 0 Å². The van der Waals surface area contributed by atoms with Gasteiger partial charge >= 0.3 is 0 Å².